The van der Waals surface area contributed by atoms with Crippen molar-refractivity contribution >= 4 is 34.8 Å². The molecule has 0 spiro atoms. The van der Waals surface area contributed by atoms with Crippen molar-refractivity contribution in [1.29, 1.82) is 0 Å². The summed E-state index contributed by atoms with van der Waals surface area (Å²) in [7, 11) is 0. The summed E-state index contributed by atoms with van der Waals surface area (Å²) in [5.74, 6) is -1.79. The molecule has 5 N–H and O–H groups in total. The minimum atomic E-state index is -1.09. The number of nitrogens with zero attached hydrogens (tertiary/aromatic N) is 1. The molecule has 0 saturated carbocycles. The van der Waals surface area contributed by atoms with Gasteiger partial charge in [-0.3, -0.25) is 14.6 Å². The monoisotopic (exact) mass is 363 g/mol. The van der Waals surface area contributed by atoms with Gasteiger partial charge in [0.15, 0.2) is 5.65 Å². The molecule has 0 saturated heterocycles. The van der Waals surface area contributed by atoms with Crippen LogP contribution in [0, 0.1) is 0 Å². The molecule has 26 heavy (non-hydrogen) atoms. The van der Waals surface area contributed by atoms with Crippen LogP contribution in [0.5, 0.6) is 0 Å². The normalized spacial score (nSPS) is 11.9. The summed E-state index contributed by atoms with van der Waals surface area (Å²) in [6.07, 6.45) is 1.61. The van der Waals surface area contributed by atoms with E-state index in [1.807, 2.05) is 6.92 Å². The molecule has 2 heterocycles. The Morgan fingerprint density at radius 3 is 2.62 bits per heavy atom. The van der Waals surface area contributed by atoms with Crippen molar-refractivity contribution in [3.05, 3.63) is 22.6 Å². The second kappa shape index (κ2) is 8.79. The van der Waals surface area contributed by atoms with Crippen molar-refractivity contribution in [2.75, 3.05) is 5.32 Å². The fourth-order valence-electron chi connectivity index (χ4n) is 2.35. The van der Waals surface area contributed by atoms with Crippen LogP contribution < -0.4 is 16.3 Å². The lowest BCUT2D eigenvalue weighted by Crippen LogP contribution is -2.40. The first kappa shape index (κ1) is 19.2. The Bertz CT molecular complexity index is 856. The zero-order valence-corrected chi connectivity index (χ0v) is 14.3. The van der Waals surface area contributed by atoms with Crippen LogP contribution in [-0.4, -0.2) is 43.9 Å². The molecule has 2 aromatic rings. The van der Waals surface area contributed by atoms with Gasteiger partial charge < -0.3 is 20.7 Å². The number of aliphatic carboxylic acids is 1. The van der Waals surface area contributed by atoms with Gasteiger partial charge in [-0.1, -0.05) is 19.8 Å². The number of unbranched alkanes of at least 4 members (excludes halogenated alkanes) is 1. The number of hydrogen-bond acceptors (Lipinski definition) is 5. The molecule has 0 fully saturated rings. The molecule has 0 radical (unpaired) electrons. The number of hydrogen-bond donors (Lipinski definition) is 5. The fourth-order valence-corrected chi connectivity index (χ4v) is 2.35. The lowest BCUT2D eigenvalue weighted by molar-refractivity contribution is -0.142. The van der Waals surface area contributed by atoms with Gasteiger partial charge in [0.05, 0.1) is 5.52 Å². The van der Waals surface area contributed by atoms with Crippen LogP contribution >= 0.6 is 0 Å². The molecule has 10 nitrogen and oxygen atoms in total. The number of carboxylic acids is 1. The largest absolute Gasteiger partial charge is 0.480 e. The van der Waals surface area contributed by atoms with Crippen LogP contribution in [0.25, 0.3) is 11.2 Å². The minimum Gasteiger partial charge on any atom is -0.480 e. The number of carbonyl (C=O) groups excluding carboxylic acids is 2. The van der Waals surface area contributed by atoms with E-state index in [2.05, 4.69) is 25.6 Å². The van der Waals surface area contributed by atoms with Crippen molar-refractivity contribution in [2.24, 2.45) is 0 Å². The summed E-state index contributed by atoms with van der Waals surface area (Å²) in [6.45, 7) is 1.93. The lowest BCUT2D eigenvalue weighted by atomic mass is 10.1. The Kier molecular flexibility index (Phi) is 6.48. The molecule has 1 atom stereocenters. The van der Waals surface area contributed by atoms with E-state index in [0.717, 1.165) is 6.42 Å². The summed E-state index contributed by atoms with van der Waals surface area (Å²) in [4.78, 5) is 55.1. The number of pyridine rings is 1. The van der Waals surface area contributed by atoms with E-state index < -0.39 is 29.5 Å². The predicted molar refractivity (Wildman–Crippen MR) is 93.7 cm³/mol. The minimum absolute atomic E-state index is 0.116. The maximum absolute atomic E-state index is 11.9. The van der Waals surface area contributed by atoms with E-state index >= 15 is 0 Å². The van der Waals surface area contributed by atoms with E-state index in [-0.39, 0.29) is 18.7 Å². The summed E-state index contributed by atoms with van der Waals surface area (Å²) in [5, 5.41) is 14.0. The molecule has 10 heteroatoms. The molecule has 2 aromatic heterocycles. The molecule has 0 aromatic carbocycles. The van der Waals surface area contributed by atoms with Crippen LogP contribution in [0.15, 0.2) is 16.9 Å². The number of imidazole rings is 1. The van der Waals surface area contributed by atoms with Crippen molar-refractivity contribution < 1.29 is 19.5 Å². The van der Waals surface area contributed by atoms with Crippen LogP contribution in [-0.2, 0) is 14.4 Å². The van der Waals surface area contributed by atoms with Crippen LogP contribution in [0.1, 0.15) is 39.0 Å². The number of nitrogens with one attached hydrogen (secondary N) is 4. The van der Waals surface area contributed by atoms with Gasteiger partial charge in [0, 0.05) is 12.8 Å². The second-order valence-corrected chi connectivity index (χ2v) is 5.82. The average Bonchev–Trinajstić information content (AvgIpc) is 2.95. The molecule has 0 aliphatic heterocycles. The highest BCUT2D eigenvalue weighted by Crippen LogP contribution is 2.10. The fraction of sp³-hybridized carbons (Fsp3) is 0.438. The highest BCUT2D eigenvalue weighted by Gasteiger charge is 2.19. The first-order valence-corrected chi connectivity index (χ1v) is 8.30. The Labute approximate surface area is 148 Å². The third kappa shape index (κ3) is 5.43. The smallest absolute Gasteiger partial charge is 0.326 e. The van der Waals surface area contributed by atoms with Crippen molar-refractivity contribution in [3.8, 4) is 0 Å². The molecule has 2 rings (SSSR count). The third-order valence-electron chi connectivity index (χ3n) is 3.70. The Hall–Kier alpha value is -3.17. The molecule has 0 aliphatic rings. The zero-order chi connectivity index (χ0) is 19.1. The maximum Gasteiger partial charge on any atom is 0.326 e. The molecular formula is C16H21N5O5. The quantitative estimate of drug-likeness (QED) is 0.442. The summed E-state index contributed by atoms with van der Waals surface area (Å²) < 4.78 is 0. The molecular weight excluding hydrogens is 342 g/mol. The average molecular weight is 363 g/mol. The van der Waals surface area contributed by atoms with Crippen molar-refractivity contribution in [3.63, 3.8) is 0 Å². The maximum atomic E-state index is 11.9. The van der Waals surface area contributed by atoms with Gasteiger partial charge >= 0.3 is 11.7 Å². The number of rotatable bonds is 9. The first-order valence-electron chi connectivity index (χ1n) is 8.30. The summed E-state index contributed by atoms with van der Waals surface area (Å²) in [6, 6.07) is 2.17. The van der Waals surface area contributed by atoms with Gasteiger partial charge in [-0.25, -0.2) is 14.6 Å². The number of aromatic amines is 2. The van der Waals surface area contributed by atoms with Gasteiger partial charge in [0.25, 0.3) is 0 Å². The Morgan fingerprint density at radius 1 is 1.19 bits per heavy atom. The van der Waals surface area contributed by atoms with Gasteiger partial charge in [0.2, 0.25) is 11.8 Å². The SMILES string of the molecule is CCCC[C@H](NC(=O)CCC(=O)Nc1ccc2[nH]c(=O)[nH]c2n1)C(=O)O. The topological polar surface area (TPSA) is 157 Å². The number of anilines is 1. The van der Waals surface area contributed by atoms with Gasteiger partial charge in [-0.15, -0.1) is 0 Å². The van der Waals surface area contributed by atoms with Crippen LogP contribution in [0.4, 0.5) is 5.82 Å². The summed E-state index contributed by atoms with van der Waals surface area (Å²) in [5.41, 5.74) is 0.425. The molecule has 140 valence electrons. The van der Waals surface area contributed by atoms with E-state index in [9.17, 15) is 19.2 Å². The number of aromatic nitrogens is 3. The van der Waals surface area contributed by atoms with E-state index in [4.69, 9.17) is 5.11 Å². The van der Waals surface area contributed by atoms with Crippen LogP contribution in [0.3, 0.4) is 0 Å². The van der Waals surface area contributed by atoms with E-state index in [1.54, 1.807) is 6.07 Å². The third-order valence-corrected chi connectivity index (χ3v) is 3.70. The Balaban J connectivity index is 1.83. The van der Waals surface area contributed by atoms with Gasteiger partial charge in [-0.05, 0) is 18.6 Å². The van der Waals surface area contributed by atoms with E-state index in [0.29, 0.717) is 24.0 Å². The molecule has 2 amide bonds. The first-order chi connectivity index (χ1) is 12.4. The number of fused-ring (bicyclic) bond motifs is 1. The highest BCUT2D eigenvalue weighted by atomic mass is 16.4. The van der Waals surface area contributed by atoms with Gasteiger partial charge in [0.1, 0.15) is 11.9 Å². The van der Waals surface area contributed by atoms with Gasteiger partial charge in [-0.2, -0.15) is 0 Å². The molecule has 0 bridgehead atoms. The van der Waals surface area contributed by atoms with Crippen molar-refractivity contribution in [1.82, 2.24) is 20.3 Å². The number of H-pyrrole nitrogens is 2. The second-order valence-electron chi connectivity index (χ2n) is 5.82. The molecule has 0 unspecified atom stereocenters. The predicted octanol–water partition coefficient (Wildman–Crippen LogP) is 0.730. The number of amides is 2. The zero-order valence-electron chi connectivity index (χ0n) is 14.3. The highest BCUT2D eigenvalue weighted by molar-refractivity contribution is 5.93. The van der Waals surface area contributed by atoms with Crippen molar-refractivity contribution in [2.45, 2.75) is 45.1 Å². The number of carbonyl (C=O) groups is 3. The van der Waals surface area contributed by atoms with Crippen LogP contribution in [0.2, 0.25) is 0 Å². The molecule has 0 aliphatic carbocycles. The van der Waals surface area contributed by atoms with E-state index in [1.165, 1.54) is 6.07 Å². The number of carboxylic acid groups (broad SMARTS) is 1. The standard InChI is InChI=1S/C16H21N5O5/c1-2-3-4-10(15(24)25)17-12(22)7-8-13(23)19-11-6-5-9-14(20-11)21-16(26)18-9/h5-6,10H,2-4,7-8H2,1H3,(H,17,22)(H,24,25)(H3,18,19,20,21,23,26)/t10-/m0/s1. The lowest BCUT2D eigenvalue weighted by Gasteiger charge is -2.13. The summed E-state index contributed by atoms with van der Waals surface area (Å²) >= 11 is 0. The Morgan fingerprint density at radius 2 is 1.92 bits per heavy atom.